The molecule has 0 aromatic heterocycles. The Morgan fingerprint density at radius 2 is 1.78 bits per heavy atom. The molecule has 1 unspecified atom stereocenters. The predicted molar refractivity (Wildman–Crippen MR) is 125 cm³/mol. The molecule has 1 heterocycles. The summed E-state index contributed by atoms with van der Waals surface area (Å²) in [5.74, 6) is -0.346. The lowest BCUT2D eigenvalue weighted by Gasteiger charge is -2.42. The number of hydrogen-bond donors (Lipinski definition) is 1. The summed E-state index contributed by atoms with van der Waals surface area (Å²) in [7, 11) is 1.68. The van der Waals surface area contributed by atoms with E-state index in [2.05, 4.69) is 28.9 Å². The van der Waals surface area contributed by atoms with Gasteiger partial charge < -0.3 is 14.6 Å². The first kappa shape index (κ1) is 24.0. The highest BCUT2D eigenvalue weighted by atomic mass is 16.5. The van der Waals surface area contributed by atoms with Crippen LogP contribution in [0.1, 0.15) is 37.6 Å². The second-order valence-corrected chi connectivity index (χ2v) is 7.90. The lowest BCUT2D eigenvalue weighted by Crippen LogP contribution is -2.51. The molecule has 0 radical (unpaired) electrons. The van der Waals surface area contributed by atoms with Crippen molar-refractivity contribution in [2.45, 2.75) is 39.1 Å². The Labute approximate surface area is 191 Å². The molecule has 2 aromatic carbocycles. The largest absolute Gasteiger partial charge is 0.512 e. The average Bonchev–Trinajstić information content (AvgIpc) is 2.82. The number of esters is 1. The minimum absolute atomic E-state index is 0.114. The summed E-state index contributed by atoms with van der Waals surface area (Å²) < 4.78 is 11.3. The molecule has 172 valence electrons. The van der Waals surface area contributed by atoms with Gasteiger partial charge in [0.25, 0.3) is 0 Å². The van der Waals surface area contributed by atoms with Gasteiger partial charge in [-0.05, 0) is 24.6 Å². The molecule has 0 aliphatic carbocycles. The number of hydrogen-bond acceptors (Lipinski definition) is 6. The monoisotopic (exact) mass is 438 g/mol. The fourth-order valence-corrected chi connectivity index (χ4v) is 4.30. The molecule has 1 aliphatic rings. The van der Waals surface area contributed by atoms with Crippen LogP contribution in [0.2, 0.25) is 0 Å². The summed E-state index contributed by atoms with van der Waals surface area (Å²) in [6.45, 7) is 6.85. The maximum atomic E-state index is 12.9. The Kier molecular flexibility index (Phi) is 8.85. The van der Waals surface area contributed by atoms with Crippen LogP contribution < -0.4 is 0 Å². The number of methoxy groups -OCH3 is 1. The van der Waals surface area contributed by atoms with Crippen LogP contribution in [0.25, 0.3) is 0 Å². The van der Waals surface area contributed by atoms with Crippen LogP contribution >= 0.6 is 0 Å². The second-order valence-electron chi connectivity index (χ2n) is 7.90. The van der Waals surface area contributed by atoms with E-state index in [9.17, 15) is 9.90 Å². The van der Waals surface area contributed by atoms with Gasteiger partial charge in [0.1, 0.15) is 12.0 Å². The number of aliphatic hydroxyl groups excluding tert-OH is 1. The van der Waals surface area contributed by atoms with Crippen molar-refractivity contribution in [3.8, 4) is 0 Å². The van der Waals surface area contributed by atoms with Crippen LogP contribution in [0.4, 0.5) is 0 Å². The fraction of sp³-hybridized carbons (Fsp3) is 0.423. The molecule has 3 rings (SSSR count). The van der Waals surface area contributed by atoms with Crippen LogP contribution in [0.15, 0.2) is 72.0 Å². The van der Waals surface area contributed by atoms with Gasteiger partial charge in [0.2, 0.25) is 0 Å². The number of carbonyl (C=O) groups excluding carboxylic acids is 1. The molecule has 0 saturated heterocycles. The number of likely N-dealkylation sites (N-methyl/N-ethyl adjacent to an activating group) is 1. The third kappa shape index (κ3) is 5.76. The van der Waals surface area contributed by atoms with E-state index in [0.29, 0.717) is 25.1 Å². The third-order valence-electron chi connectivity index (χ3n) is 5.88. The van der Waals surface area contributed by atoms with Gasteiger partial charge in [0.15, 0.2) is 0 Å². The van der Waals surface area contributed by atoms with E-state index in [1.165, 1.54) is 5.56 Å². The van der Waals surface area contributed by atoms with Crippen molar-refractivity contribution < 1.29 is 19.4 Å². The van der Waals surface area contributed by atoms with Crippen LogP contribution in [0, 0.1) is 0 Å². The third-order valence-corrected chi connectivity index (χ3v) is 5.88. The quantitative estimate of drug-likeness (QED) is 0.558. The smallest absolute Gasteiger partial charge is 0.339 e. The average molecular weight is 439 g/mol. The van der Waals surface area contributed by atoms with E-state index < -0.39 is 5.97 Å². The molecule has 1 N–H and O–H groups in total. The van der Waals surface area contributed by atoms with Crippen molar-refractivity contribution in [1.29, 1.82) is 0 Å². The van der Waals surface area contributed by atoms with E-state index in [1.54, 1.807) is 14.0 Å². The predicted octanol–water partition coefficient (Wildman–Crippen LogP) is 4.30. The van der Waals surface area contributed by atoms with Crippen molar-refractivity contribution >= 4 is 5.97 Å². The number of nitrogens with zero attached hydrogens (tertiary/aromatic N) is 2. The lowest BCUT2D eigenvalue weighted by molar-refractivity contribution is -0.141. The lowest BCUT2D eigenvalue weighted by atomic mass is 9.95. The number of carbonyl (C=O) groups is 1. The van der Waals surface area contributed by atoms with Crippen molar-refractivity contribution in [2.75, 3.05) is 33.4 Å². The summed E-state index contributed by atoms with van der Waals surface area (Å²) >= 11 is 0. The van der Waals surface area contributed by atoms with Gasteiger partial charge in [0.05, 0.1) is 18.2 Å². The Bertz CT molecular complexity index is 885. The summed E-state index contributed by atoms with van der Waals surface area (Å²) in [6.07, 6.45) is 0.0384. The van der Waals surface area contributed by atoms with Gasteiger partial charge in [0, 0.05) is 33.2 Å². The molecular weight excluding hydrogens is 404 g/mol. The minimum atomic E-state index is -0.460. The van der Waals surface area contributed by atoms with Gasteiger partial charge >= 0.3 is 5.97 Å². The summed E-state index contributed by atoms with van der Waals surface area (Å²) in [5.41, 5.74) is 2.55. The van der Waals surface area contributed by atoms with Crippen molar-refractivity contribution in [3.63, 3.8) is 0 Å². The fourth-order valence-electron chi connectivity index (χ4n) is 4.30. The van der Waals surface area contributed by atoms with Crippen molar-refractivity contribution in [1.82, 2.24) is 9.80 Å². The minimum Gasteiger partial charge on any atom is -0.512 e. The first-order valence-corrected chi connectivity index (χ1v) is 11.3. The zero-order valence-electron chi connectivity index (χ0n) is 19.2. The SMILES string of the molecule is CCOC(=O)C1=C(O)CCN(C(OC)c2ccccc2)[C@H]1CN(CC)Cc1ccccc1. The zero-order valence-corrected chi connectivity index (χ0v) is 19.2. The van der Waals surface area contributed by atoms with Crippen molar-refractivity contribution in [3.05, 3.63) is 83.1 Å². The molecule has 2 aromatic rings. The number of ether oxygens (including phenoxy) is 2. The van der Waals surface area contributed by atoms with Crippen LogP contribution in [-0.2, 0) is 20.8 Å². The number of benzene rings is 2. The summed E-state index contributed by atoms with van der Waals surface area (Å²) in [6, 6.07) is 19.9. The van der Waals surface area contributed by atoms with Crippen LogP contribution in [0.5, 0.6) is 0 Å². The van der Waals surface area contributed by atoms with E-state index in [1.807, 2.05) is 48.5 Å². The highest BCUT2D eigenvalue weighted by Gasteiger charge is 2.39. The first-order valence-electron chi connectivity index (χ1n) is 11.3. The van der Waals surface area contributed by atoms with Gasteiger partial charge in [-0.3, -0.25) is 9.80 Å². The molecule has 32 heavy (non-hydrogen) atoms. The Hall–Kier alpha value is -2.67. The van der Waals surface area contributed by atoms with E-state index in [0.717, 1.165) is 18.7 Å². The molecule has 6 heteroatoms. The topological polar surface area (TPSA) is 62.2 Å². The summed E-state index contributed by atoms with van der Waals surface area (Å²) in [4.78, 5) is 17.4. The molecule has 0 bridgehead atoms. The molecule has 2 atom stereocenters. The normalized spacial score (nSPS) is 18.1. The maximum absolute atomic E-state index is 12.9. The van der Waals surface area contributed by atoms with Crippen LogP contribution in [0.3, 0.4) is 0 Å². The summed E-state index contributed by atoms with van der Waals surface area (Å²) in [5, 5.41) is 10.7. The highest BCUT2D eigenvalue weighted by Crippen LogP contribution is 2.33. The van der Waals surface area contributed by atoms with Crippen molar-refractivity contribution in [2.24, 2.45) is 0 Å². The molecular formula is C26H34N2O4. The number of rotatable bonds is 10. The van der Waals surface area contributed by atoms with Crippen LogP contribution in [-0.4, -0.2) is 60.3 Å². The molecule has 0 spiro atoms. The maximum Gasteiger partial charge on any atom is 0.339 e. The van der Waals surface area contributed by atoms with Gasteiger partial charge in [-0.25, -0.2) is 4.79 Å². The molecule has 0 fully saturated rings. The molecule has 0 amide bonds. The Balaban J connectivity index is 1.95. The molecule has 1 aliphatic heterocycles. The standard InChI is InChI=1S/C26H34N2O4/c1-4-27(18-20-12-8-6-9-13-20)19-22-24(26(30)32-5-2)23(29)16-17-28(22)25(31-3)21-14-10-7-11-15-21/h6-15,22,25,29H,4-5,16-19H2,1-3H3/t22-,25?/m0/s1. The first-order chi connectivity index (χ1) is 15.6. The van der Waals surface area contributed by atoms with E-state index in [-0.39, 0.29) is 24.6 Å². The Morgan fingerprint density at radius 1 is 1.12 bits per heavy atom. The van der Waals surface area contributed by atoms with E-state index >= 15 is 0 Å². The highest BCUT2D eigenvalue weighted by molar-refractivity contribution is 5.90. The molecule has 6 nitrogen and oxygen atoms in total. The zero-order chi connectivity index (χ0) is 22.9. The Morgan fingerprint density at radius 3 is 2.38 bits per heavy atom. The van der Waals surface area contributed by atoms with Gasteiger partial charge in [-0.15, -0.1) is 0 Å². The van der Waals surface area contributed by atoms with E-state index in [4.69, 9.17) is 9.47 Å². The second kappa shape index (κ2) is 11.8. The van der Waals surface area contributed by atoms with Gasteiger partial charge in [-0.1, -0.05) is 67.6 Å². The molecule has 0 saturated carbocycles. The van der Waals surface area contributed by atoms with Gasteiger partial charge in [-0.2, -0.15) is 0 Å². The number of aliphatic hydroxyl groups is 1.